The van der Waals surface area contributed by atoms with E-state index in [1.54, 1.807) is 6.07 Å². The minimum atomic E-state index is -2.09. The molecule has 0 aliphatic carbocycles. The van der Waals surface area contributed by atoms with Crippen molar-refractivity contribution < 1.29 is 18.5 Å². The van der Waals surface area contributed by atoms with Gasteiger partial charge in [0.15, 0.2) is 0 Å². The van der Waals surface area contributed by atoms with E-state index in [1.807, 2.05) is 18.2 Å². The van der Waals surface area contributed by atoms with Crippen LogP contribution in [0.25, 0.3) is 0 Å². The number of aromatic nitrogens is 2. The van der Waals surface area contributed by atoms with E-state index < -0.39 is 11.9 Å². The zero-order chi connectivity index (χ0) is 25.9. The molecule has 0 amide bonds. The van der Waals surface area contributed by atoms with Crippen LogP contribution in [0.1, 0.15) is 4.11 Å². The van der Waals surface area contributed by atoms with Gasteiger partial charge in [0.1, 0.15) is 16.5 Å². The number of anilines is 3. The van der Waals surface area contributed by atoms with Crippen LogP contribution in [-0.4, -0.2) is 60.1 Å². The minimum absolute atomic E-state index is 0.0254. The largest absolute Gasteiger partial charge is 0.494 e. The first kappa shape index (κ1) is 18.9. The van der Waals surface area contributed by atoms with Gasteiger partial charge in [-0.1, -0.05) is 17.7 Å². The summed E-state index contributed by atoms with van der Waals surface area (Å²) in [6, 6.07) is 11.2. The third-order valence-corrected chi connectivity index (χ3v) is 5.29. The highest BCUT2D eigenvalue weighted by molar-refractivity contribution is 6.31. The number of nitrogens with one attached hydrogen (secondary N) is 1. The minimum Gasteiger partial charge on any atom is -0.494 e. The van der Waals surface area contributed by atoms with Gasteiger partial charge in [-0.05, 0) is 25.2 Å². The van der Waals surface area contributed by atoms with E-state index in [4.69, 9.17) is 25.2 Å². The Kier molecular flexibility index (Phi) is 5.66. The molecule has 2 aromatic carbocycles. The highest BCUT2D eigenvalue weighted by atomic mass is 35.5. The van der Waals surface area contributed by atoms with Crippen LogP contribution in [0.2, 0.25) is 5.02 Å². The molecule has 0 spiro atoms. The highest BCUT2D eigenvalue weighted by Gasteiger charge is 2.17. The fourth-order valence-corrected chi connectivity index (χ4v) is 3.45. The molecular weight excluding hydrogens is 448 g/mol. The number of ether oxygens (including phenoxy) is 2. The molecule has 11 heteroatoms. The van der Waals surface area contributed by atoms with Gasteiger partial charge in [-0.3, -0.25) is 10.1 Å². The van der Waals surface area contributed by atoms with Crippen molar-refractivity contribution in [1.82, 2.24) is 14.9 Å². The molecule has 10 nitrogen and oxygen atoms in total. The molecule has 0 bridgehead atoms. The van der Waals surface area contributed by atoms with Crippen molar-refractivity contribution in [2.45, 2.75) is 0 Å². The number of hydrogen-bond donors (Lipinski definition) is 1. The molecule has 1 aromatic heterocycles. The molecule has 2 heterocycles. The number of nitrogens with zero attached hydrogens (tertiary/aromatic N) is 5. The topological polar surface area (TPSA) is 106 Å². The number of nitro benzene ring substituents is 1. The summed E-state index contributed by atoms with van der Waals surface area (Å²) in [7, 11) is 1.54. The molecule has 0 unspecified atom stereocenters. The fourth-order valence-electron chi connectivity index (χ4n) is 3.32. The number of nitro groups is 1. The van der Waals surface area contributed by atoms with E-state index in [-0.39, 0.29) is 28.3 Å². The van der Waals surface area contributed by atoms with Gasteiger partial charge < -0.3 is 24.6 Å². The molecule has 1 aliphatic rings. The monoisotopic (exact) mass is 473 g/mol. The lowest BCUT2D eigenvalue weighted by atomic mass is 10.2. The van der Waals surface area contributed by atoms with Gasteiger partial charge in [-0.25, -0.2) is 4.98 Å². The zero-order valence-electron chi connectivity index (χ0n) is 20.7. The molecule has 1 saturated heterocycles. The Morgan fingerprint density at radius 2 is 2.03 bits per heavy atom. The van der Waals surface area contributed by atoms with E-state index in [9.17, 15) is 10.1 Å². The molecule has 172 valence electrons. The van der Waals surface area contributed by atoms with Crippen molar-refractivity contribution in [3.05, 3.63) is 63.8 Å². The number of rotatable bonds is 7. The molecule has 1 N–H and O–H groups in total. The number of non-ortho nitro benzene ring substituents is 1. The van der Waals surface area contributed by atoms with Gasteiger partial charge in [0, 0.05) is 48.1 Å². The summed E-state index contributed by atoms with van der Waals surface area (Å²) in [5.74, 6) is 0.941. The first-order chi connectivity index (χ1) is 17.1. The third-order valence-electron chi connectivity index (χ3n) is 5.03. The number of methoxy groups -OCH3 is 1. The molecular formula is C22H23ClN6O4. The molecule has 4 rings (SSSR count). The number of piperazine rings is 1. The Hall–Kier alpha value is -3.63. The Morgan fingerprint density at radius 3 is 2.76 bits per heavy atom. The quantitative estimate of drug-likeness (QED) is 0.396. The Labute approximate surface area is 200 Å². The van der Waals surface area contributed by atoms with Gasteiger partial charge in [-0.15, -0.1) is 0 Å². The lowest BCUT2D eigenvalue weighted by Crippen LogP contribution is -2.44. The zero-order valence-corrected chi connectivity index (χ0v) is 18.5. The molecule has 1 aliphatic heterocycles. The van der Waals surface area contributed by atoms with Gasteiger partial charge in [0.05, 0.1) is 30.0 Å². The predicted octanol–water partition coefficient (Wildman–Crippen LogP) is 4.33. The molecule has 1 fully saturated rings. The average Bonchev–Trinajstić information content (AvgIpc) is 2.86. The maximum Gasteiger partial charge on any atom is 0.273 e. The Balaban J connectivity index is 1.49. The highest BCUT2D eigenvalue weighted by Crippen LogP contribution is 2.34. The Bertz CT molecular complexity index is 1250. The standard InChI is InChI=1S/C22H23ClN6O4/c1-27-8-10-28(11-9-27)15-6-7-19(20(13-15)32-2)25-22-24-14-18(23)21(26-22)33-17-5-3-4-16(12-17)29(30)31/h3-7,12-14H,8-11H2,1-2H3,(H,24,25,26)/i1D3. The van der Waals surface area contributed by atoms with Crippen molar-refractivity contribution >= 4 is 34.6 Å². The summed E-state index contributed by atoms with van der Waals surface area (Å²) in [6.07, 6.45) is 1.36. The normalized spacial score (nSPS) is 15.8. The van der Waals surface area contributed by atoms with Crippen LogP contribution in [-0.2, 0) is 0 Å². The second-order valence-corrected chi connectivity index (χ2v) is 7.59. The van der Waals surface area contributed by atoms with E-state index in [0.717, 1.165) is 5.69 Å². The second-order valence-electron chi connectivity index (χ2n) is 7.19. The van der Waals surface area contributed by atoms with Crippen molar-refractivity contribution in [2.75, 3.05) is 50.5 Å². The SMILES string of the molecule is [2H]C([2H])([2H])N1CCN(c2ccc(Nc3ncc(Cl)c(Oc4cccc([N+](=O)[O-])c4)n3)c(OC)c2)CC1. The summed E-state index contributed by atoms with van der Waals surface area (Å²) in [5, 5.41) is 14.2. The number of benzene rings is 2. The van der Waals surface area contributed by atoms with Crippen molar-refractivity contribution in [2.24, 2.45) is 0 Å². The van der Waals surface area contributed by atoms with Crippen LogP contribution in [0.15, 0.2) is 48.7 Å². The first-order valence-electron chi connectivity index (χ1n) is 11.5. The van der Waals surface area contributed by atoms with Crippen molar-refractivity contribution in [3.8, 4) is 17.4 Å². The number of halogens is 1. The summed E-state index contributed by atoms with van der Waals surface area (Å²) in [6.45, 7) is -0.0661. The lowest BCUT2D eigenvalue weighted by molar-refractivity contribution is -0.384. The van der Waals surface area contributed by atoms with Crippen molar-refractivity contribution in [1.29, 1.82) is 0 Å². The third kappa shape index (κ3) is 5.41. The molecule has 3 aromatic rings. The molecule has 0 atom stereocenters. The van der Waals surface area contributed by atoms with E-state index in [1.165, 1.54) is 36.4 Å². The fraction of sp³-hybridized carbons (Fsp3) is 0.273. The van der Waals surface area contributed by atoms with Crippen LogP contribution in [0.5, 0.6) is 17.4 Å². The van der Waals surface area contributed by atoms with Crippen LogP contribution in [0, 0.1) is 10.1 Å². The van der Waals surface area contributed by atoms with Gasteiger partial charge in [0.25, 0.3) is 5.69 Å². The lowest BCUT2D eigenvalue weighted by Gasteiger charge is -2.34. The molecule has 0 saturated carbocycles. The second kappa shape index (κ2) is 9.88. The van der Waals surface area contributed by atoms with E-state index in [2.05, 4.69) is 20.2 Å². The maximum absolute atomic E-state index is 11.0. The summed E-state index contributed by atoms with van der Waals surface area (Å²) in [5.41, 5.74) is 1.36. The maximum atomic E-state index is 11.0. The molecule has 0 radical (unpaired) electrons. The van der Waals surface area contributed by atoms with Gasteiger partial charge in [-0.2, -0.15) is 4.98 Å². The van der Waals surface area contributed by atoms with Crippen LogP contribution in [0.4, 0.5) is 23.0 Å². The van der Waals surface area contributed by atoms with Crippen molar-refractivity contribution in [3.63, 3.8) is 0 Å². The number of hydrogen-bond acceptors (Lipinski definition) is 9. The predicted molar refractivity (Wildman–Crippen MR) is 126 cm³/mol. The van der Waals surface area contributed by atoms with Crippen LogP contribution in [0.3, 0.4) is 0 Å². The van der Waals surface area contributed by atoms with E-state index in [0.29, 0.717) is 37.6 Å². The van der Waals surface area contributed by atoms with Gasteiger partial charge >= 0.3 is 0 Å². The summed E-state index contributed by atoms with van der Waals surface area (Å²) in [4.78, 5) is 22.5. The smallest absolute Gasteiger partial charge is 0.273 e. The summed E-state index contributed by atoms with van der Waals surface area (Å²) >= 11 is 6.17. The summed E-state index contributed by atoms with van der Waals surface area (Å²) < 4.78 is 33.9. The number of likely N-dealkylation sites (N-methyl/N-ethyl adjacent to an activating group) is 1. The van der Waals surface area contributed by atoms with Crippen LogP contribution >= 0.6 is 11.6 Å². The molecule has 33 heavy (non-hydrogen) atoms. The first-order valence-corrected chi connectivity index (χ1v) is 10.4. The Morgan fingerprint density at radius 1 is 1.21 bits per heavy atom. The van der Waals surface area contributed by atoms with E-state index >= 15 is 0 Å². The van der Waals surface area contributed by atoms with Gasteiger partial charge in [0.2, 0.25) is 11.8 Å². The van der Waals surface area contributed by atoms with Crippen LogP contribution < -0.4 is 19.7 Å². The average molecular weight is 474 g/mol.